The lowest BCUT2D eigenvalue weighted by atomic mass is 10.1. The number of nitrogens with zero attached hydrogens (tertiary/aromatic N) is 1. The van der Waals surface area contributed by atoms with E-state index in [1.807, 2.05) is 0 Å². The van der Waals surface area contributed by atoms with Gasteiger partial charge in [-0.05, 0) is 37.0 Å². The highest BCUT2D eigenvalue weighted by Crippen LogP contribution is 2.28. The third kappa shape index (κ3) is 2.56. The van der Waals surface area contributed by atoms with Crippen molar-refractivity contribution in [1.29, 1.82) is 0 Å². The van der Waals surface area contributed by atoms with E-state index in [0.29, 0.717) is 12.1 Å². The summed E-state index contributed by atoms with van der Waals surface area (Å²) in [5, 5.41) is 0. The van der Waals surface area contributed by atoms with Crippen LogP contribution in [0.4, 0.5) is 0 Å². The molecule has 2 fully saturated rings. The first kappa shape index (κ1) is 11.7. The van der Waals surface area contributed by atoms with E-state index in [0.717, 1.165) is 24.1 Å². The lowest BCUT2D eigenvalue weighted by molar-refractivity contribution is -0.0137. The molecule has 17 heavy (non-hydrogen) atoms. The number of rotatable bonds is 3. The zero-order valence-electron chi connectivity index (χ0n) is 9.94. The van der Waals surface area contributed by atoms with Gasteiger partial charge in [0.15, 0.2) is 0 Å². The molecule has 3 heteroatoms. The summed E-state index contributed by atoms with van der Waals surface area (Å²) >= 11 is 3.48. The second-order valence-corrected chi connectivity index (χ2v) is 5.95. The first-order valence-electron chi connectivity index (χ1n) is 6.41. The number of hydrogen-bond acceptors (Lipinski definition) is 2. The standard InChI is InChI=1S/C14H18BrNO/c15-12-3-1-11(2-4-12)7-8-16-13-5-6-14(16)10-17-9-13/h1-4,13-14H,5-10H2. The third-order valence-electron chi connectivity index (χ3n) is 3.96. The van der Waals surface area contributed by atoms with E-state index in [2.05, 4.69) is 45.1 Å². The monoisotopic (exact) mass is 295 g/mol. The van der Waals surface area contributed by atoms with E-state index in [1.165, 1.54) is 24.9 Å². The number of morpholine rings is 1. The molecule has 0 spiro atoms. The number of benzene rings is 1. The second-order valence-electron chi connectivity index (χ2n) is 5.04. The highest BCUT2D eigenvalue weighted by Gasteiger charge is 2.36. The van der Waals surface area contributed by atoms with E-state index in [9.17, 15) is 0 Å². The fraction of sp³-hybridized carbons (Fsp3) is 0.571. The summed E-state index contributed by atoms with van der Waals surface area (Å²) in [7, 11) is 0. The molecule has 0 amide bonds. The molecular formula is C14H18BrNO. The Morgan fingerprint density at radius 2 is 1.76 bits per heavy atom. The van der Waals surface area contributed by atoms with Gasteiger partial charge in [0.25, 0.3) is 0 Å². The summed E-state index contributed by atoms with van der Waals surface area (Å²) in [6.45, 7) is 3.06. The minimum Gasteiger partial charge on any atom is -0.378 e. The molecule has 2 aliphatic heterocycles. The number of fused-ring (bicyclic) bond motifs is 2. The van der Waals surface area contributed by atoms with Crippen molar-refractivity contribution in [2.24, 2.45) is 0 Å². The average Bonchev–Trinajstić information content (AvgIpc) is 2.58. The van der Waals surface area contributed by atoms with Crippen LogP contribution < -0.4 is 0 Å². The van der Waals surface area contributed by atoms with Crippen LogP contribution in [0.3, 0.4) is 0 Å². The Morgan fingerprint density at radius 3 is 2.41 bits per heavy atom. The predicted octanol–water partition coefficient (Wildman–Crippen LogP) is 2.85. The summed E-state index contributed by atoms with van der Waals surface area (Å²) in [6, 6.07) is 10.1. The zero-order valence-corrected chi connectivity index (χ0v) is 11.5. The van der Waals surface area contributed by atoms with Gasteiger partial charge in [-0.2, -0.15) is 0 Å². The topological polar surface area (TPSA) is 12.5 Å². The van der Waals surface area contributed by atoms with Gasteiger partial charge in [-0.3, -0.25) is 4.90 Å². The SMILES string of the molecule is Brc1ccc(CCN2C3CCC2COC3)cc1. The quantitative estimate of drug-likeness (QED) is 0.850. The summed E-state index contributed by atoms with van der Waals surface area (Å²) in [5.41, 5.74) is 1.43. The van der Waals surface area contributed by atoms with Crippen LogP contribution in [0.15, 0.2) is 28.7 Å². The van der Waals surface area contributed by atoms with Crippen LogP contribution in [0.2, 0.25) is 0 Å². The zero-order chi connectivity index (χ0) is 11.7. The molecular weight excluding hydrogens is 278 g/mol. The summed E-state index contributed by atoms with van der Waals surface area (Å²) in [4.78, 5) is 2.66. The van der Waals surface area contributed by atoms with E-state index in [1.54, 1.807) is 0 Å². The van der Waals surface area contributed by atoms with Crippen LogP contribution in [-0.4, -0.2) is 36.7 Å². The lowest BCUT2D eigenvalue weighted by Crippen LogP contribution is -2.46. The predicted molar refractivity (Wildman–Crippen MR) is 72.2 cm³/mol. The van der Waals surface area contributed by atoms with Crippen molar-refractivity contribution in [3.63, 3.8) is 0 Å². The summed E-state index contributed by atoms with van der Waals surface area (Å²) < 4.78 is 6.77. The smallest absolute Gasteiger partial charge is 0.0622 e. The molecule has 1 aromatic carbocycles. The third-order valence-corrected chi connectivity index (χ3v) is 4.49. The van der Waals surface area contributed by atoms with Crippen LogP contribution in [-0.2, 0) is 11.2 Å². The van der Waals surface area contributed by atoms with Crippen LogP contribution in [0, 0.1) is 0 Å². The molecule has 2 unspecified atom stereocenters. The van der Waals surface area contributed by atoms with E-state index < -0.39 is 0 Å². The van der Waals surface area contributed by atoms with Crippen molar-refractivity contribution >= 4 is 15.9 Å². The molecule has 0 saturated carbocycles. The molecule has 2 heterocycles. The molecule has 0 aliphatic carbocycles. The van der Waals surface area contributed by atoms with Crippen LogP contribution >= 0.6 is 15.9 Å². The van der Waals surface area contributed by atoms with Crippen molar-refractivity contribution < 1.29 is 4.74 Å². The van der Waals surface area contributed by atoms with Crippen molar-refractivity contribution in [2.75, 3.05) is 19.8 Å². The molecule has 1 aromatic rings. The highest BCUT2D eigenvalue weighted by atomic mass is 79.9. The fourth-order valence-corrected chi connectivity index (χ4v) is 3.25. The molecule has 2 nitrogen and oxygen atoms in total. The summed E-state index contributed by atoms with van der Waals surface area (Å²) in [5.74, 6) is 0. The first-order valence-corrected chi connectivity index (χ1v) is 7.20. The first-order chi connectivity index (χ1) is 8.33. The van der Waals surface area contributed by atoms with Crippen LogP contribution in [0.5, 0.6) is 0 Å². The van der Waals surface area contributed by atoms with Gasteiger partial charge in [-0.1, -0.05) is 28.1 Å². The van der Waals surface area contributed by atoms with Crippen LogP contribution in [0.1, 0.15) is 18.4 Å². The van der Waals surface area contributed by atoms with Gasteiger partial charge in [0.1, 0.15) is 0 Å². The number of halogens is 1. The molecule has 3 rings (SSSR count). The van der Waals surface area contributed by atoms with Crippen LogP contribution in [0.25, 0.3) is 0 Å². The van der Waals surface area contributed by atoms with Gasteiger partial charge in [0.2, 0.25) is 0 Å². The Balaban J connectivity index is 1.59. The minimum atomic E-state index is 0.684. The van der Waals surface area contributed by atoms with Gasteiger partial charge in [-0.25, -0.2) is 0 Å². The Hall–Kier alpha value is -0.380. The Labute approximate surface area is 111 Å². The highest BCUT2D eigenvalue weighted by molar-refractivity contribution is 9.10. The van der Waals surface area contributed by atoms with E-state index in [4.69, 9.17) is 4.74 Å². The van der Waals surface area contributed by atoms with Crippen molar-refractivity contribution in [3.05, 3.63) is 34.3 Å². The Bertz CT molecular complexity index is 362. The summed E-state index contributed by atoms with van der Waals surface area (Å²) in [6.07, 6.45) is 3.80. The molecule has 2 aliphatic rings. The van der Waals surface area contributed by atoms with Crippen molar-refractivity contribution in [3.8, 4) is 0 Å². The van der Waals surface area contributed by atoms with Crippen molar-refractivity contribution in [2.45, 2.75) is 31.3 Å². The molecule has 2 bridgehead atoms. The Morgan fingerprint density at radius 1 is 1.12 bits per heavy atom. The maximum absolute atomic E-state index is 5.61. The Kier molecular flexibility index (Phi) is 3.50. The molecule has 92 valence electrons. The van der Waals surface area contributed by atoms with Gasteiger partial charge in [-0.15, -0.1) is 0 Å². The molecule has 0 N–H and O–H groups in total. The van der Waals surface area contributed by atoms with Gasteiger partial charge in [0, 0.05) is 23.1 Å². The van der Waals surface area contributed by atoms with Gasteiger partial charge >= 0.3 is 0 Å². The van der Waals surface area contributed by atoms with E-state index in [-0.39, 0.29) is 0 Å². The van der Waals surface area contributed by atoms with Gasteiger partial charge in [0.05, 0.1) is 13.2 Å². The van der Waals surface area contributed by atoms with E-state index >= 15 is 0 Å². The molecule has 2 saturated heterocycles. The lowest BCUT2D eigenvalue weighted by Gasteiger charge is -2.34. The maximum atomic E-state index is 5.61. The number of hydrogen-bond donors (Lipinski definition) is 0. The molecule has 2 atom stereocenters. The maximum Gasteiger partial charge on any atom is 0.0622 e. The van der Waals surface area contributed by atoms with Gasteiger partial charge < -0.3 is 4.74 Å². The van der Waals surface area contributed by atoms with Crippen molar-refractivity contribution in [1.82, 2.24) is 4.90 Å². The molecule has 0 radical (unpaired) electrons. The normalized spacial score (nSPS) is 28.5. The average molecular weight is 296 g/mol. The number of ether oxygens (including phenoxy) is 1. The fourth-order valence-electron chi connectivity index (χ4n) is 2.99. The minimum absolute atomic E-state index is 0.684. The second kappa shape index (κ2) is 5.09. The molecule has 0 aromatic heterocycles. The largest absolute Gasteiger partial charge is 0.378 e.